The topological polar surface area (TPSA) is 57.7 Å². The molecular formula is C15H24N4O2. The number of nitrogens with one attached hydrogen (secondary N) is 1. The van der Waals surface area contributed by atoms with E-state index in [-0.39, 0.29) is 6.03 Å². The second-order valence-corrected chi connectivity index (χ2v) is 5.07. The van der Waals surface area contributed by atoms with Gasteiger partial charge in [0.2, 0.25) is 0 Å². The predicted molar refractivity (Wildman–Crippen MR) is 81.0 cm³/mol. The van der Waals surface area contributed by atoms with Gasteiger partial charge in [-0.1, -0.05) is 6.07 Å². The summed E-state index contributed by atoms with van der Waals surface area (Å²) in [6, 6.07) is 3.87. The monoisotopic (exact) mass is 292 g/mol. The molecule has 1 fully saturated rings. The molecule has 1 aromatic heterocycles. The van der Waals surface area contributed by atoms with Gasteiger partial charge in [0, 0.05) is 51.7 Å². The summed E-state index contributed by atoms with van der Waals surface area (Å²) < 4.78 is 5.35. The van der Waals surface area contributed by atoms with Gasteiger partial charge in [0.15, 0.2) is 0 Å². The molecule has 0 radical (unpaired) electrons. The van der Waals surface area contributed by atoms with Gasteiger partial charge in [0.25, 0.3) is 0 Å². The Morgan fingerprint density at radius 2 is 2.29 bits per heavy atom. The van der Waals surface area contributed by atoms with E-state index in [1.807, 2.05) is 24.0 Å². The zero-order valence-electron chi connectivity index (χ0n) is 12.6. The Kier molecular flexibility index (Phi) is 6.43. The fourth-order valence-electron chi connectivity index (χ4n) is 2.31. The first-order chi connectivity index (χ1) is 10.3. The van der Waals surface area contributed by atoms with E-state index in [0.717, 1.165) is 38.4 Å². The number of amides is 2. The minimum atomic E-state index is -0.0189. The van der Waals surface area contributed by atoms with Crippen molar-refractivity contribution in [2.45, 2.75) is 13.5 Å². The van der Waals surface area contributed by atoms with Gasteiger partial charge in [-0.05, 0) is 18.6 Å². The molecule has 0 aliphatic carbocycles. The van der Waals surface area contributed by atoms with Gasteiger partial charge in [-0.15, -0.1) is 0 Å². The lowest BCUT2D eigenvalue weighted by Gasteiger charge is -2.30. The van der Waals surface area contributed by atoms with Crippen molar-refractivity contribution in [1.82, 2.24) is 20.1 Å². The lowest BCUT2D eigenvalue weighted by Crippen LogP contribution is -2.45. The highest BCUT2D eigenvalue weighted by Gasteiger charge is 2.16. The first-order valence-electron chi connectivity index (χ1n) is 7.51. The van der Waals surface area contributed by atoms with Crippen LogP contribution in [-0.2, 0) is 11.3 Å². The Balaban J connectivity index is 1.89. The molecule has 1 saturated heterocycles. The second-order valence-electron chi connectivity index (χ2n) is 5.07. The molecule has 116 valence electrons. The molecule has 6 heteroatoms. The van der Waals surface area contributed by atoms with Crippen LogP contribution in [0.3, 0.4) is 0 Å². The molecule has 0 bridgehead atoms. The summed E-state index contributed by atoms with van der Waals surface area (Å²) in [5.74, 6) is 0. The van der Waals surface area contributed by atoms with Crippen LogP contribution < -0.4 is 5.32 Å². The van der Waals surface area contributed by atoms with E-state index >= 15 is 0 Å². The van der Waals surface area contributed by atoms with Crippen molar-refractivity contribution >= 4 is 6.03 Å². The molecule has 0 unspecified atom stereocenters. The molecule has 0 atom stereocenters. The van der Waals surface area contributed by atoms with E-state index in [2.05, 4.69) is 15.2 Å². The van der Waals surface area contributed by atoms with Crippen LogP contribution >= 0.6 is 0 Å². The Labute approximate surface area is 126 Å². The highest BCUT2D eigenvalue weighted by molar-refractivity contribution is 5.74. The third kappa shape index (κ3) is 5.32. The number of ether oxygens (including phenoxy) is 1. The summed E-state index contributed by atoms with van der Waals surface area (Å²) in [7, 11) is 0. The lowest BCUT2D eigenvalue weighted by atomic mass is 10.2. The van der Waals surface area contributed by atoms with Crippen LogP contribution in [0.1, 0.15) is 12.5 Å². The highest BCUT2D eigenvalue weighted by Crippen LogP contribution is 2.05. The van der Waals surface area contributed by atoms with Gasteiger partial charge in [-0.2, -0.15) is 0 Å². The minimum Gasteiger partial charge on any atom is -0.379 e. The maximum absolute atomic E-state index is 12.2. The average Bonchev–Trinajstić information content (AvgIpc) is 2.53. The van der Waals surface area contributed by atoms with Crippen molar-refractivity contribution in [2.24, 2.45) is 0 Å². The van der Waals surface area contributed by atoms with Crippen molar-refractivity contribution in [3.8, 4) is 0 Å². The third-order valence-electron chi connectivity index (χ3n) is 3.50. The van der Waals surface area contributed by atoms with Crippen molar-refractivity contribution < 1.29 is 9.53 Å². The molecule has 0 spiro atoms. The van der Waals surface area contributed by atoms with Gasteiger partial charge in [-0.3, -0.25) is 9.88 Å². The van der Waals surface area contributed by atoms with Crippen molar-refractivity contribution in [3.63, 3.8) is 0 Å². The molecule has 1 aliphatic rings. The van der Waals surface area contributed by atoms with Gasteiger partial charge in [0.05, 0.1) is 13.2 Å². The quantitative estimate of drug-likeness (QED) is 0.848. The zero-order chi connectivity index (χ0) is 14.9. The van der Waals surface area contributed by atoms with Crippen molar-refractivity contribution in [3.05, 3.63) is 30.1 Å². The van der Waals surface area contributed by atoms with Crippen LogP contribution in [0.15, 0.2) is 24.5 Å². The number of pyridine rings is 1. The molecule has 1 N–H and O–H groups in total. The Bertz CT molecular complexity index is 421. The van der Waals surface area contributed by atoms with Crippen molar-refractivity contribution in [2.75, 3.05) is 45.9 Å². The molecule has 1 aliphatic heterocycles. The molecule has 2 heterocycles. The van der Waals surface area contributed by atoms with Crippen molar-refractivity contribution in [1.29, 1.82) is 0 Å². The fourth-order valence-corrected chi connectivity index (χ4v) is 2.31. The molecule has 21 heavy (non-hydrogen) atoms. The molecule has 2 rings (SSSR count). The number of morpholine rings is 1. The van der Waals surface area contributed by atoms with Gasteiger partial charge in [0.1, 0.15) is 0 Å². The van der Waals surface area contributed by atoms with Crippen LogP contribution in [0.4, 0.5) is 4.79 Å². The predicted octanol–water partition coefficient (Wildman–Crippen LogP) is 0.945. The lowest BCUT2D eigenvalue weighted by molar-refractivity contribution is 0.0346. The van der Waals surface area contributed by atoms with Gasteiger partial charge >= 0.3 is 6.03 Å². The standard InChI is InChI=1S/C15H24N4O2/c1-2-17-15(20)19(13-14-4-3-5-16-12-14)7-6-18-8-10-21-11-9-18/h3-5,12H,2,6-11,13H2,1H3,(H,17,20). The van der Waals surface area contributed by atoms with E-state index in [1.165, 1.54) is 0 Å². The van der Waals surface area contributed by atoms with E-state index < -0.39 is 0 Å². The summed E-state index contributed by atoms with van der Waals surface area (Å²) in [6.07, 6.45) is 3.55. The summed E-state index contributed by atoms with van der Waals surface area (Å²) in [6.45, 7) is 8.19. The molecule has 0 saturated carbocycles. The number of hydrogen-bond acceptors (Lipinski definition) is 4. The summed E-state index contributed by atoms with van der Waals surface area (Å²) in [4.78, 5) is 20.5. The number of hydrogen-bond donors (Lipinski definition) is 1. The first kappa shape index (κ1) is 15.7. The van der Waals surface area contributed by atoms with Gasteiger partial charge in [-0.25, -0.2) is 4.79 Å². The van der Waals surface area contributed by atoms with Gasteiger partial charge < -0.3 is 15.0 Å². The Morgan fingerprint density at radius 3 is 2.95 bits per heavy atom. The van der Waals surface area contributed by atoms with Crippen LogP contribution in [-0.4, -0.2) is 66.8 Å². The normalized spacial score (nSPS) is 15.7. The number of nitrogens with zero attached hydrogens (tertiary/aromatic N) is 3. The molecule has 0 aromatic carbocycles. The van der Waals surface area contributed by atoms with E-state index in [4.69, 9.17) is 4.74 Å². The Morgan fingerprint density at radius 1 is 1.48 bits per heavy atom. The molecular weight excluding hydrogens is 268 g/mol. The summed E-state index contributed by atoms with van der Waals surface area (Å²) >= 11 is 0. The largest absolute Gasteiger partial charge is 0.379 e. The maximum Gasteiger partial charge on any atom is 0.317 e. The molecule has 6 nitrogen and oxygen atoms in total. The summed E-state index contributed by atoms with van der Waals surface area (Å²) in [5.41, 5.74) is 1.05. The number of carbonyl (C=O) groups is 1. The zero-order valence-corrected chi connectivity index (χ0v) is 12.6. The van der Waals surface area contributed by atoms with Crippen LogP contribution in [0, 0.1) is 0 Å². The SMILES string of the molecule is CCNC(=O)N(CCN1CCOCC1)Cc1cccnc1. The van der Waals surface area contributed by atoms with Crippen LogP contribution in [0.5, 0.6) is 0 Å². The minimum absolute atomic E-state index is 0.0189. The van der Waals surface area contributed by atoms with Crippen LogP contribution in [0.25, 0.3) is 0 Å². The smallest absolute Gasteiger partial charge is 0.317 e. The number of urea groups is 1. The summed E-state index contributed by atoms with van der Waals surface area (Å²) in [5, 5.41) is 2.88. The van der Waals surface area contributed by atoms with E-state index in [1.54, 1.807) is 12.4 Å². The third-order valence-corrected chi connectivity index (χ3v) is 3.50. The maximum atomic E-state index is 12.2. The number of carbonyl (C=O) groups excluding carboxylic acids is 1. The average molecular weight is 292 g/mol. The number of aromatic nitrogens is 1. The molecule has 2 amide bonds. The van der Waals surface area contributed by atoms with E-state index in [9.17, 15) is 4.79 Å². The fraction of sp³-hybridized carbons (Fsp3) is 0.600. The first-order valence-corrected chi connectivity index (χ1v) is 7.51. The highest BCUT2D eigenvalue weighted by atomic mass is 16.5. The number of rotatable bonds is 6. The molecule has 1 aromatic rings. The second kappa shape index (κ2) is 8.59. The van der Waals surface area contributed by atoms with Crippen LogP contribution in [0.2, 0.25) is 0 Å². The Hall–Kier alpha value is -1.66. The van der Waals surface area contributed by atoms with E-state index in [0.29, 0.717) is 19.6 Å².